The first kappa shape index (κ1) is 21.2. The van der Waals surface area contributed by atoms with Crippen LogP contribution in [-0.2, 0) is 18.7 Å². The van der Waals surface area contributed by atoms with Crippen LogP contribution in [0.15, 0.2) is 66.9 Å². The monoisotopic (exact) mass is 444 g/mol. The Morgan fingerprint density at radius 1 is 0.970 bits per heavy atom. The van der Waals surface area contributed by atoms with Gasteiger partial charge in [-0.05, 0) is 65.6 Å². The van der Waals surface area contributed by atoms with Crippen LogP contribution >= 0.6 is 0 Å². The molecular formula is C27H22F2N2O2. The molecule has 5 rings (SSSR count). The highest BCUT2D eigenvalue weighted by molar-refractivity contribution is 5.99. The topological polar surface area (TPSA) is 53.4 Å². The van der Waals surface area contributed by atoms with E-state index in [4.69, 9.17) is 0 Å². The van der Waals surface area contributed by atoms with E-state index in [0.29, 0.717) is 22.4 Å². The molecule has 33 heavy (non-hydrogen) atoms. The van der Waals surface area contributed by atoms with Crippen molar-refractivity contribution in [2.75, 3.05) is 0 Å². The fraction of sp³-hybridized carbons (Fsp3) is 0.185. The molecule has 0 aliphatic carbocycles. The van der Waals surface area contributed by atoms with E-state index in [-0.39, 0.29) is 24.6 Å². The number of halogens is 2. The minimum absolute atomic E-state index is 0.155. The molecule has 0 unspecified atom stereocenters. The molecule has 0 saturated carbocycles. The molecule has 1 aliphatic heterocycles. The number of fused-ring (bicyclic) bond motifs is 2. The van der Waals surface area contributed by atoms with Crippen molar-refractivity contribution in [3.8, 4) is 11.1 Å². The summed E-state index contributed by atoms with van der Waals surface area (Å²) < 4.78 is 30.3. The second-order valence-corrected chi connectivity index (χ2v) is 8.84. The summed E-state index contributed by atoms with van der Waals surface area (Å²) >= 11 is 0. The number of hydrogen-bond donors (Lipinski definition) is 1. The lowest BCUT2D eigenvalue weighted by atomic mass is 9.88. The van der Waals surface area contributed by atoms with E-state index < -0.39 is 17.2 Å². The molecule has 3 aromatic carbocycles. The fourth-order valence-electron chi connectivity index (χ4n) is 4.49. The first-order valence-electron chi connectivity index (χ1n) is 10.7. The van der Waals surface area contributed by atoms with Gasteiger partial charge < -0.3 is 10.0 Å². The van der Waals surface area contributed by atoms with Crippen LogP contribution in [0.2, 0.25) is 0 Å². The number of carbonyl (C=O) groups excluding carboxylic acids is 1. The zero-order valence-electron chi connectivity index (χ0n) is 18.3. The van der Waals surface area contributed by atoms with E-state index in [9.17, 15) is 9.90 Å². The molecule has 0 radical (unpaired) electrons. The Labute approximate surface area is 190 Å². The first-order valence-corrected chi connectivity index (χ1v) is 10.7. The number of carbonyl (C=O) groups is 1. The van der Waals surface area contributed by atoms with Crippen LogP contribution in [0.5, 0.6) is 0 Å². The van der Waals surface area contributed by atoms with Gasteiger partial charge in [-0.15, -0.1) is 0 Å². The number of aliphatic hydroxyl groups is 1. The zero-order chi connectivity index (χ0) is 23.3. The van der Waals surface area contributed by atoms with Gasteiger partial charge in [0.05, 0.1) is 29.9 Å². The zero-order valence-corrected chi connectivity index (χ0v) is 18.3. The Kier molecular flexibility index (Phi) is 4.98. The highest BCUT2D eigenvalue weighted by Crippen LogP contribution is 2.36. The standard InChI is InChI=1S/C27H22F2N2O2/c1-27(2,33)22-10-9-17(18-6-3-4-7-19(18)22)16-12-23(28)21(24(29)13-16)14-31-15-25-20(26(31)32)8-5-11-30-25/h3-13,33H,14-15H2,1-2H3. The van der Waals surface area contributed by atoms with Gasteiger partial charge in [0.25, 0.3) is 5.91 Å². The molecule has 0 bridgehead atoms. The number of rotatable bonds is 4. The van der Waals surface area contributed by atoms with Crippen LogP contribution in [-0.4, -0.2) is 20.9 Å². The maximum Gasteiger partial charge on any atom is 0.256 e. The largest absolute Gasteiger partial charge is 0.386 e. The Bertz CT molecular complexity index is 1390. The van der Waals surface area contributed by atoms with Crippen molar-refractivity contribution < 1.29 is 18.7 Å². The van der Waals surface area contributed by atoms with Crippen molar-refractivity contribution in [1.82, 2.24) is 9.88 Å². The smallest absolute Gasteiger partial charge is 0.256 e. The Morgan fingerprint density at radius 3 is 2.33 bits per heavy atom. The van der Waals surface area contributed by atoms with Crippen LogP contribution in [0, 0.1) is 11.6 Å². The lowest BCUT2D eigenvalue weighted by Gasteiger charge is -2.22. The summed E-state index contributed by atoms with van der Waals surface area (Å²) in [4.78, 5) is 18.2. The van der Waals surface area contributed by atoms with Crippen molar-refractivity contribution in [1.29, 1.82) is 0 Å². The Morgan fingerprint density at radius 2 is 1.67 bits per heavy atom. The van der Waals surface area contributed by atoms with Gasteiger partial charge in [0.1, 0.15) is 11.6 Å². The lowest BCUT2D eigenvalue weighted by Crippen LogP contribution is -2.24. The number of aromatic nitrogens is 1. The minimum atomic E-state index is -1.06. The molecule has 0 fully saturated rings. The molecule has 4 aromatic rings. The number of pyridine rings is 1. The van der Waals surface area contributed by atoms with Crippen LogP contribution in [0.25, 0.3) is 21.9 Å². The molecule has 1 amide bonds. The summed E-state index contributed by atoms with van der Waals surface area (Å²) in [6.45, 7) is 3.45. The third-order valence-corrected chi connectivity index (χ3v) is 6.13. The first-order chi connectivity index (χ1) is 15.7. The summed E-state index contributed by atoms with van der Waals surface area (Å²) in [7, 11) is 0. The van der Waals surface area contributed by atoms with Gasteiger partial charge in [0.2, 0.25) is 0 Å². The molecule has 1 N–H and O–H groups in total. The molecule has 0 atom stereocenters. The molecule has 1 aliphatic rings. The van der Waals surface area contributed by atoms with Gasteiger partial charge in [-0.2, -0.15) is 0 Å². The van der Waals surface area contributed by atoms with Crippen molar-refractivity contribution in [2.24, 2.45) is 0 Å². The lowest BCUT2D eigenvalue weighted by molar-refractivity contribution is 0.0762. The Balaban J connectivity index is 1.53. The second-order valence-electron chi connectivity index (χ2n) is 8.84. The predicted octanol–water partition coefficient (Wildman–Crippen LogP) is 5.56. The van der Waals surface area contributed by atoms with Gasteiger partial charge >= 0.3 is 0 Å². The van der Waals surface area contributed by atoms with E-state index >= 15 is 8.78 Å². The number of benzene rings is 3. The SMILES string of the molecule is CC(C)(O)c1ccc(-c2cc(F)c(CN3Cc4ncccc4C3=O)c(F)c2)c2ccccc12. The fourth-order valence-corrected chi connectivity index (χ4v) is 4.49. The maximum atomic E-state index is 15.1. The molecule has 4 nitrogen and oxygen atoms in total. The average molecular weight is 444 g/mol. The normalized spacial score (nSPS) is 13.6. The molecular weight excluding hydrogens is 422 g/mol. The van der Waals surface area contributed by atoms with Crippen LogP contribution in [0.1, 0.15) is 41.0 Å². The molecule has 6 heteroatoms. The van der Waals surface area contributed by atoms with E-state index in [0.717, 1.165) is 16.3 Å². The Hall–Kier alpha value is -3.64. The molecule has 0 spiro atoms. The molecule has 0 saturated heterocycles. The minimum Gasteiger partial charge on any atom is -0.386 e. The average Bonchev–Trinajstić information content (AvgIpc) is 3.10. The predicted molar refractivity (Wildman–Crippen MR) is 122 cm³/mol. The van der Waals surface area contributed by atoms with E-state index in [1.807, 2.05) is 24.3 Å². The van der Waals surface area contributed by atoms with E-state index in [1.54, 1.807) is 44.3 Å². The van der Waals surface area contributed by atoms with E-state index in [2.05, 4.69) is 4.98 Å². The maximum absolute atomic E-state index is 15.1. The van der Waals surface area contributed by atoms with Crippen molar-refractivity contribution in [3.05, 3.63) is 101 Å². The quantitative estimate of drug-likeness (QED) is 0.448. The number of amides is 1. The van der Waals surface area contributed by atoms with Gasteiger partial charge in [0, 0.05) is 11.8 Å². The molecule has 1 aromatic heterocycles. The van der Waals surface area contributed by atoms with Gasteiger partial charge in [-0.1, -0.05) is 36.4 Å². The molecule has 166 valence electrons. The summed E-state index contributed by atoms with van der Waals surface area (Å²) in [5, 5.41) is 12.2. The number of nitrogens with zero attached hydrogens (tertiary/aromatic N) is 2. The van der Waals surface area contributed by atoms with Gasteiger partial charge in [0.15, 0.2) is 0 Å². The van der Waals surface area contributed by atoms with Gasteiger partial charge in [-0.3, -0.25) is 9.78 Å². The van der Waals surface area contributed by atoms with Crippen LogP contribution < -0.4 is 0 Å². The molecule has 2 heterocycles. The van der Waals surface area contributed by atoms with Gasteiger partial charge in [-0.25, -0.2) is 8.78 Å². The summed E-state index contributed by atoms with van der Waals surface area (Å²) in [6, 6.07) is 17.0. The van der Waals surface area contributed by atoms with Crippen LogP contribution in [0.3, 0.4) is 0 Å². The summed E-state index contributed by atoms with van der Waals surface area (Å²) in [5.74, 6) is -1.70. The summed E-state index contributed by atoms with van der Waals surface area (Å²) in [6.07, 6.45) is 1.60. The highest BCUT2D eigenvalue weighted by atomic mass is 19.1. The third kappa shape index (κ3) is 3.66. The van der Waals surface area contributed by atoms with Crippen molar-refractivity contribution in [3.63, 3.8) is 0 Å². The van der Waals surface area contributed by atoms with Crippen molar-refractivity contribution in [2.45, 2.75) is 32.5 Å². The highest BCUT2D eigenvalue weighted by Gasteiger charge is 2.30. The van der Waals surface area contributed by atoms with E-state index in [1.165, 1.54) is 17.0 Å². The third-order valence-electron chi connectivity index (χ3n) is 6.13. The van der Waals surface area contributed by atoms with Crippen molar-refractivity contribution >= 4 is 16.7 Å². The number of hydrogen-bond acceptors (Lipinski definition) is 3. The van der Waals surface area contributed by atoms with Crippen LogP contribution in [0.4, 0.5) is 8.78 Å². The second kappa shape index (κ2) is 7.74. The summed E-state index contributed by atoms with van der Waals surface area (Å²) in [5.41, 5.74) is 1.65.